The van der Waals surface area contributed by atoms with Crippen molar-refractivity contribution in [2.75, 3.05) is 6.61 Å². The van der Waals surface area contributed by atoms with E-state index in [-0.39, 0.29) is 0 Å². The number of nitrogens with zero attached hydrogens (tertiary/aromatic N) is 2. The first kappa shape index (κ1) is 41.1. The molecule has 278 valence electrons. The van der Waals surface area contributed by atoms with Crippen LogP contribution in [-0.2, 0) is 0 Å². The van der Waals surface area contributed by atoms with Crippen LogP contribution in [-0.4, -0.2) is 16.6 Å². The molecular weight excluding hydrogens is 661 g/mol. The van der Waals surface area contributed by atoms with E-state index in [1.165, 1.54) is 122 Å². The Morgan fingerprint density at radius 1 is 0.627 bits per heavy atom. The van der Waals surface area contributed by atoms with Crippen LogP contribution in [0.15, 0.2) is 83.7 Å². The van der Waals surface area contributed by atoms with Crippen molar-refractivity contribution in [2.45, 2.75) is 154 Å². The number of allylic oxidation sites excluding steroid dienone is 1. The maximum Gasteiger partial charge on any atom is 0.119 e. The number of fused-ring (bicyclic) bond motifs is 1. The van der Waals surface area contributed by atoms with E-state index in [0.717, 1.165) is 41.1 Å². The molecule has 1 aliphatic rings. The molecule has 2 aromatic heterocycles. The zero-order chi connectivity index (χ0) is 35.8. The molecule has 5 heteroatoms. The highest BCUT2D eigenvalue weighted by atomic mass is 32.2. The van der Waals surface area contributed by atoms with Crippen LogP contribution in [0.4, 0.5) is 0 Å². The first-order valence-electron chi connectivity index (χ1n) is 20.5. The first-order valence-corrected chi connectivity index (χ1v) is 22.3. The van der Waals surface area contributed by atoms with Crippen LogP contribution in [0, 0.1) is 5.41 Å². The van der Waals surface area contributed by atoms with Gasteiger partial charge in [-0.1, -0.05) is 154 Å². The number of rotatable bonds is 24. The van der Waals surface area contributed by atoms with Crippen LogP contribution < -0.4 is 4.74 Å². The van der Waals surface area contributed by atoms with Gasteiger partial charge in [-0.05, 0) is 72.5 Å². The molecule has 0 saturated carbocycles. The number of thioether (sulfide) groups is 1. The van der Waals surface area contributed by atoms with Crippen molar-refractivity contribution in [1.29, 1.82) is 0 Å². The molecule has 0 spiro atoms. The zero-order valence-electron chi connectivity index (χ0n) is 32.1. The van der Waals surface area contributed by atoms with Gasteiger partial charge in [-0.3, -0.25) is 4.98 Å². The summed E-state index contributed by atoms with van der Waals surface area (Å²) in [5.74, 6) is 0.922. The Morgan fingerprint density at radius 3 is 1.82 bits per heavy atom. The van der Waals surface area contributed by atoms with Crippen molar-refractivity contribution in [2.24, 2.45) is 5.41 Å². The molecule has 5 rings (SSSR count). The minimum atomic E-state index is 0.422. The van der Waals surface area contributed by atoms with Gasteiger partial charge < -0.3 is 4.74 Å². The number of para-hydroxylation sites is 2. The maximum atomic E-state index is 5.84. The van der Waals surface area contributed by atoms with E-state index < -0.39 is 0 Å². The second-order valence-electron chi connectivity index (χ2n) is 14.5. The van der Waals surface area contributed by atoms with E-state index in [9.17, 15) is 0 Å². The van der Waals surface area contributed by atoms with E-state index in [2.05, 4.69) is 83.6 Å². The van der Waals surface area contributed by atoms with Gasteiger partial charge in [0.05, 0.1) is 34.8 Å². The Hall–Kier alpha value is -2.63. The summed E-state index contributed by atoms with van der Waals surface area (Å²) >= 11 is 4.04. The van der Waals surface area contributed by atoms with Crippen molar-refractivity contribution in [3.63, 3.8) is 0 Å². The average molecular weight is 727 g/mol. The van der Waals surface area contributed by atoms with E-state index in [0.29, 0.717) is 10.7 Å². The number of unbranched alkanes of at least 4 members (excludes halogenated alkanes) is 15. The third-order valence-corrected chi connectivity index (χ3v) is 12.7. The van der Waals surface area contributed by atoms with Gasteiger partial charge in [0.15, 0.2) is 0 Å². The molecule has 0 radical (unpaired) electrons. The summed E-state index contributed by atoms with van der Waals surface area (Å²) in [5.41, 5.74) is 4.21. The summed E-state index contributed by atoms with van der Waals surface area (Å²) in [4.78, 5) is 10.8. The largest absolute Gasteiger partial charge is 0.494 e. The molecule has 3 nitrogen and oxygen atoms in total. The van der Waals surface area contributed by atoms with Crippen molar-refractivity contribution in [3.8, 4) is 17.0 Å². The Kier molecular flexibility index (Phi) is 19.8. The summed E-state index contributed by atoms with van der Waals surface area (Å²) in [6.07, 6.45) is 31.8. The molecule has 0 saturated heterocycles. The SMILES string of the molecule is CCCCCCCCC1(CCCCCCCC)C=CSC1c1cccs1.CCCCCCCCOc1ccc(-c2cnc3ccccc3n2)cc1. The molecule has 3 heterocycles. The molecule has 0 bridgehead atoms. The second-order valence-corrected chi connectivity index (χ2v) is 16.5. The Labute approximate surface area is 319 Å². The lowest BCUT2D eigenvalue weighted by atomic mass is 9.74. The zero-order valence-corrected chi connectivity index (χ0v) is 33.8. The van der Waals surface area contributed by atoms with E-state index >= 15 is 0 Å². The fraction of sp³-hybridized carbons (Fsp3) is 0.565. The van der Waals surface area contributed by atoms with E-state index in [1.54, 1.807) is 4.88 Å². The van der Waals surface area contributed by atoms with Crippen LogP contribution >= 0.6 is 23.1 Å². The minimum Gasteiger partial charge on any atom is -0.494 e. The van der Waals surface area contributed by atoms with Crippen LogP contribution in [0.3, 0.4) is 0 Å². The number of hydrogen-bond acceptors (Lipinski definition) is 5. The first-order chi connectivity index (χ1) is 25.2. The Morgan fingerprint density at radius 2 is 1.22 bits per heavy atom. The quantitative estimate of drug-likeness (QED) is 0.0674. The molecule has 2 aromatic carbocycles. The van der Waals surface area contributed by atoms with Gasteiger partial charge in [0.1, 0.15) is 5.75 Å². The molecule has 0 N–H and O–H groups in total. The Balaban J connectivity index is 0.000000229. The van der Waals surface area contributed by atoms with Crippen LogP contribution in [0.1, 0.15) is 159 Å². The van der Waals surface area contributed by atoms with Gasteiger partial charge in [-0.25, -0.2) is 4.98 Å². The van der Waals surface area contributed by atoms with Gasteiger partial charge in [-0.2, -0.15) is 0 Å². The summed E-state index contributed by atoms with van der Waals surface area (Å²) in [6.45, 7) is 7.65. The summed E-state index contributed by atoms with van der Waals surface area (Å²) in [6, 6.07) is 20.7. The average Bonchev–Trinajstić information content (AvgIpc) is 3.85. The standard InChI is InChI=1S/C24H40S2.C22H26N2O/c1-3-5-7-9-11-13-17-24(18-14-12-10-8-6-4-2)19-21-26-23(24)22-16-15-20-25-22;1-2-3-4-5-6-9-16-25-19-14-12-18(13-15-19)22-17-23-20-10-7-8-11-21(20)24-22/h15-16,19-21,23H,3-14,17-18H2,1-2H3;7-8,10-15,17H,2-6,9,16H2,1H3. The number of benzene rings is 2. The smallest absolute Gasteiger partial charge is 0.119 e. The monoisotopic (exact) mass is 726 g/mol. The van der Waals surface area contributed by atoms with Gasteiger partial charge >= 0.3 is 0 Å². The maximum absolute atomic E-state index is 5.84. The normalized spacial score (nSPS) is 14.8. The van der Waals surface area contributed by atoms with Crippen LogP contribution in [0.25, 0.3) is 22.3 Å². The highest BCUT2D eigenvalue weighted by Crippen LogP contribution is 2.57. The third kappa shape index (κ3) is 14.4. The second kappa shape index (κ2) is 24.6. The van der Waals surface area contributed by atoms with Crippen LogP contribution in [0.5, 0.6) is 5.75 Å². The van der Waals surface area contributed by atoms with Gasteiger partial charge in [0.25, 0.3) is 0 Å². The van der Waals surface area contributed by atoms with Crippen LogP contribution in [0.2, 0.25) is 0 Å². The van der Waals surface area contributed by atoms with Gasteiger partial charge in [0.2, 0.25) is 0 Å². The predicted octanol–water partition coefficient (Wildman–Crippen LogP) is 15.6. The summed E-state index contributed by atoms with van der Waals surface area (Å²) in [7, 11) is 0. The fourth-order valence-electron chi connectivity index (χ4n) is 7.18. The molecule has 0 amide bonds. The predicted molar refractivity (Wildman–Crippen MR) is 226 cm³/mol. The fourth-order valence-corrected chi connectivity index (χ4v) is 9.65. The van der Waals surface area contributed by atoms with Gasteiger partial charge in [-0.15, -0.1) is 23.1 Å². The highest BCUT2D eigenvalue weighted by molar-refractivity contribution is 8.02. The molecule has 0 fully saturated rings. The molecule has 0 aliphatic carbocycles. The molecule has 1 aliphatic heterocycles. The number of aromatic nitrogens is 2. The van der Waals surface area contributed by atoms with Crippen molar-refractivity contribution in [1.82, 2.24) is 9.97 Å². The lowest BCUT2D eigenvalue weighted by molar-refractivity contribution is 0.294. The van der Waals surface area contributed by atoms with E-state index in [1.807, 2.05) is 53.9 Å². The minimum absolute atomic E-state index is 0.422. The van der Waals surface area contributed by atoms with E-state index in [4.69, 9.17) is 4.74 Å². The number of ether oxygens (including phenoxy) is 1. The molecule has 1 unspecified atom stereocenters. The van der Waals surface area contributed by atoms with Crippen molar-refractivity contribution >= 4 is 34.1 Å². The van der Waals surface area contributed by atoms with Crippen molar-refractivity contribution in [3.05, 3.63) is 88.6 Å². The Bertz CT molecular complexity index is 1470. The lowest BCUT2D eigenvalue weighted by Gasteiger charge is -2.34. The molecular formula is C46H66N2OS2. The number of thiophene rings is 1. The summed E-state index contributed by atoms with van der Waals surface area (Å²) in [5, 5.41) is 5.35. The van der Waals surface area contributed by atoms with Gasteiger partial charge in [0, 0.05) is 15.9 Å². The number of hydrogen-bond donors (Lipinski definition) is 0. The molecule has 1 atom stereocenters. The highest BCUT2D eigenvalue weighted by Gasteiger charge is 2.40. The molecule has 51 heavy (non-hydrogen) atoms. The summed E-state index contributed by atoms with van der Waals surface area (Å²) < 4.78 is 5.84. The lowest BCUT2D eigenvalue weighted by Crippen LogP contribution is -2.22. The topological polar surface area (TPSA) is 35.0 Å². The van der Waals surface area contributed by atoms with Crippen molar-refractivity contribution < 1.29 is 4.74 Å². The molecule has 4 aromatic rings. The third-order valence-electron chi connectivity index (χ3n) is 10.3.